The summed E-state index contributed by atoms with van der Waals surface area (Å²) in [6, 6.07) is 0. The van der Waals surface area contributed by atoms with Crippen molar-refractivity contribution in [1.82, 2.24) is 0 Å². The van der Waals surface area contributed by atoms with E-state index in [0.717, 1.165) is 47.8 Å². The third-order valence-electron chi connectivity index (χ3n) is 11.1. The van der Waals surface area contributed by atoms with Crippen molar-refractivity contribution < 1.29 is 9.84 Å². The molecule has 9 atom stereocenters. The van der Waals surface area contributed by atoms with Crippen LogP contribution in [-0.2, 0) is 4.74 Å². The number of methoxy groups -OCH3 is 1. The van der Waals surface area contributed by atoms with Crippen molar-refractivity contribution in [1.29, 1.82) is 0 Å². The molecule has 0 aromatic carbocycles. The Labute approximate surface area is 186 Å². The molecule has 0 heterocycles. The molecule has 0 aliphatic heterocycles. The molecule has 0 bridgehead atoms. The molecule has 4 fully saturated rings. The topological polar surface area (TPSA) is 29.5 Å². The van der Waals surface area contributed by atoms with Crippen molar-refractivity contribution in [3.05, 3.63) is 0 Å². The monoisotopic (exact) mass is 418 g/mol. The highest BCUT2D eigenvalue weighted by molar-refractivity contribution is 5.11. The minimum absolute atomic E-state index is 0.157. The van der Waals surface area contributed by atoms with Gasteiger partial charge in [0, 0.05) is 19.1 Å². The van der Waals surface area contributed by atoms with Crippen LogP contribution in [-0.4, -0.2) is 24.9 Å². The van der Waals surface area contributed by atoms with Crippen molar-refractivity contribution in [3.8, 4) is 0 Å². The first-order chi connectivity index (χ1) is 14.4. The molecule has 0 aromatic heterocycles. The number of ether oxygens (including phenoxy) is 1. The van der Waals surface area contributed by atoms with Gasteiger partial charge in [-0.15, -0.1) is 0 Å². The molecular formula is C28H50O2. The van der Waals surface area contributed by atoms with Gasteiger partial charge in [-0.05, 0) is 105 Å². The molecule has 0 radical (unpaired) electrons. The lowest BCUT2D eigenvalue weighted by Crippen LogP contribution is -2.57. The van der Waals surface area contributed by atoms with E-state index in [9.17, 15) is 5.11 Å². The maximum Gasteiger partial charge on any atom is 0.0577 e. The average Bonchev–Trinajstić information content (AvgIpc) is 3.09. The molecule has 4 aliphatic carbocycles. The second kappa shape index (κ2) is 9.05. The summed E-state index contributed by atoms with van der Waals surface area (Å²) in [4.78, 5) is 0. The van der Waals surface area contributed by atoms with Gasteiger partial charge >= 0.3 is 0 Å². The van der Waals surface area contributed by atoms with Crippen LogP contribution in [0.15, 0.2) is 0 Å². The van der Waals surface area contributed by atoms with Gasteiger partial charge in [0.2, 0.25) is 0 Å². The van der Waals surface area contributed by atoms with Crippen molar-refractivity contribution >= 4 is 0 Å². The van der Waals surface area contributed by atoms with Crippen LogP contribution in [0.3, 0.4) is 0 Å². The van der Waals surface area contributed by atoms with E-state index >= 15 is 0 Å². The van der Waals surface area contributed by atoms with Crippen molar-refractivity contribution in [3.63, 3.8) is 0 Å². The lowest BCUT2D eigenvalue weighted by molar-refractivity contribution is -0.163. The van der Waals surface area contributed by atoms with Gasteiger partial charge < -0.3 is 9.84 Å². The van der Waals surface area contributed by atoms with Gasteiger partial charge in [-0.1, -0.05) is 47.0 Å². The van der Waals surface area contributed by atoms with Crippen LogP contribution in [0.5, 0.6) is 0 Å². The van der Waals surface area contributed by atoms with E-state index in [1.807, 2.05) is 7.11 Å². The first-order valence-corrected chi connectivity index (χ1v) is 13.5. The van der Waals surface area contributed by atoms with E-state index in [1.165, 1.54) is 70.6 Å². The molecule has 0 spiro atoms. The van der Waals surface area contributed by atoms with E-state index in [4.69, 9.17) is 4.74 Å². The Kier molecular flexibility index (Phi) is 6.96. The smallest absolute Gasteiger partial charge is 0.0577 e. The molecule has 0 amide bonds. The second-order valence-electron chi connectivity index (χ2n) is 12.7. The maximum absolute atomic E-state index is 10.8. The van der Waals surface area contributed by atoms with Crippen LogP contribution in [0, 0.1) is 52.3 Å². The lowest BCUT2D eigenvalue weighted by atomic mass is 9.44. The largest absolute Gasteiger partial charge is 0.396 e. The number of hydrogen-bond acceptors (Lipinski definition) is 2. The number of fused-ring (bicyclic) bond motifs is 5. The fraction of sp³-hybridized carbons (Fsp3) is 1.00. The van der Waals surface area contributed by atoms with Gasteiger partial charge in [-0.25, -0.2) is 0 Å². The van der Waals surface area contributed by atoms with Gasteiger partial charge in [0.25, 0.3) is 0 Å². The minimum atomic E-state index is 0.157. The van der Waals surface area contributed by atoms with Crippen LogP contribution in [0.1, 0.15) is 105 Å². The van der Waals surface area contributed by atoms with Gasteiger partial charge in [0.15, 0.2) is 0 Å². The zero-order valence-corrected chi connectivity index (χ0v) is 20.7. The number of rotatable bonds is 7. The van der Waals surface area contributed by atoms with E-state index in [-0.39, 0.29) is 5.41 Å². The molecule has 4 saturated carbocycles. The van der Waals surface area contributed by atoms with E-state index < -0.39 is 0 Å². The molecule has 1 N–H and O–H groups in total. The summed E-state index contributed by atoms with van der Waals surface area (Å²) in [5.41, 5.74) is 0.710. The molecule has 2 heteroatoms. The van der Waals surface area contributed by atoms with Gasteiger partial charge in [-0.2, -0.15) is 0 Å². The van der Waals surface area contributed by atoms with Gasteiger partial charge in [0.05, 0.1) is 6.10 Å². The van der Waals surface area contributed by atoms with Crippen LogP contribution in [0.25, 0.3) is 0 Å². The summed E-state index contributed by atoms with van der Waals surface area (Å²) in [5.74, 6) is 5.90. The first kappa shape index (κ1) is 23.1. The van der Waals surface area contributed by atoms with Crippen LogP contribution >= 0.6 is 0 Å². The Morgan fingerprint density at radius 1 is 0.933 bits per heavy atom. The molecule has 0 saturated heterocycles. The predicted molar refractivity (Wildman–Crippen MR) is 125 cm³/mol. The number of aliphatic hydroxyl groups excluding tert-OH is 1. The Hall–Kier alpha value is -0.0800. The van der Waals surface area contributed by atoms with Crippen LogP contribution < -0.4 is 0 Å². The number of hydrogen-bond donors (Lipinski definition) is 1. The van der Waals surface area contributed by atoms with Crippen LogP contribution in [0.2, 0.25) is 0 Å². The quantitative estimate of drug-likeness (QED) is 0.478. The van der Waals surface area contributed by atoms with E-state index in [2.05, 4.69) is 27.7 Å². The summed E-state index contributed by atoms with van der Waals surface area (Å²) in [6.07, 6.45) is 16.7. The minimum Gasteiger partial charge on any atom is -0.396 e. The fourth-order valence-corrected chi connectivity index (χ4v) is 9.59. The second-order valence-corrected chi connectivity index (χ2v) is 12.7. The zero-order chi connectivity index (χ0) is 21.5. The summed E-state index contributed by atoms with van der Waals surface area (Å²) >= 11 is 0. The predicted octanol–water partition coefficient (Wildman–Crippen LogP) is 7.10. The SMILES string of the molecule is COC1CCC2CCC3C4CCC(C(C)CCCC(C)C)C4(C)CCC3C2(CO)C1. The Morgan fingerprint density at radius 2 is 1.70 bits per heavy atom. The third kappa shape index (κ3) is 3.81. The zero-order valence-electron chi connectivity index (χ0n) is 20.7. The molecule has 9 unspecified atom stereocenters. The van der Waals surface area contributed by atoms with E-state index in [0.29, 0.717) is 18.1 Å². The summed E-state index contributed by atoms with van der Waals surface area (Å²) in [6.45, 7) is 10.4. The highest BCUT2D eigenvalue weighted by Gasteiger charge is 2.61. The Bertz CT molecular complexity index is 573. The summed E-state index contributed by atoms with van der Waals surface area (Å²) in [5, 5.41) is 10.8. The lowest BCUT2D eigenvalue weighted by Gasteiger charge is -2.62. The Balaban J connectivity index is 1.50. The van der Waals surface area contributed by atoms with Crippen molar-refractivity contribution in [2.24, 2.45) is 52.3 Å². The Morgan fingerprint density at radius 3 is 2.40 bits per heavy atom. The molecule has 30 heavy (non-hydrogen) atoms. The normalized spacial score (nSPS) is 46.9. The fourth-order valence-electron chi connectivity index (χ4n) is 9.59. The van der Waals surface area contributed by atoms with Gasteiger partial charge in [-0.3, -0.25) is 0 Å². The summed E-state index contributed by atoms with van der Waals surface area (Å²) < 4.78 is 5.84. The van der Waals surface area contributed by atoms with Crippen LogP contribution in [0.4, 0.5) is 0 Å². The number of aliphatic hydroxyl groups is 1. The molecular weight excluding hydrogens is 368 g/mol. The highest BCUT2D eigenvalue weighted by atomic mass is 16.5. The van der Waals surface area contributed by atoms with Gasteiger partial charge in [0.1, 0.15) is 0 Å². The highest BCUT2D eigenvalue weighted by Crippen LogP contribution is 2.68. The van der Waals surface area contributed by atoms with Crippen molar-refractivity contribution in [2.45, 2.75) is 111 Å². The average molecular weight is 419 g/mol. The molecule has 174 valence electrons. The molecule has 0 aromatic rings. The standard InChI is InChI=1S/C28H50O2/c1-19(2)7-6-8-20(3)24-13-14-25-23-12-10-21-9-11-22(30-5)17-28(21,18-29)26(23)15-16-27(24,25)4/h19-26,29H,6-18H2,1-5H3. The maximum atomic E-state index is 10.8. The van der Waals surface area contributed by atoms with E-state index in [1.54, 1.807) is 0 Å². The summed E-state index contributed by atoms with van der Waals surface area (Å²) in [7, 11) is 1.89. The molecule has 4 rings (SSSR count). The van der Waals surface area contributed by atoms with Crippen molar-refractivity contribution in [2.75, 3.05) is 13.7 Å². The third-order valence-corrected chi connectivity index (χ3v) is 11.1. The first-order valence-electron chi connectivity index (χ1n) is 13.5. The molecule has 4 aliphatic rings. The molecule has 2 nitrogen and oxygen atoms in total.